The molecule has 2 aromatic carbocycles. The Balaban J connectivity index is 1.84. The van der Waals surface area contributed by atoms with E-state index in [2.05, 4.69) is 11.6 Å². The van der Waals surface area contributed by atoms with Crippen LogP contribution in [-0.4, -0.2) is 37.8 Å². The van der Waals surface area contributed by atoms with Crippen LogP contribution in [0.1, 0.15) is 31.0 Å². The molecule has 36 heavy (non-hydrogen) atoms. The molecule has 0 saturated heterocycles. The zero-order chi connectivity index (χ0) is 25.8. The van der Waals surface area contributed by atoms with Crippen molar-refractivity contribution in [1.29, 1.82) is 0 Å². The van der Waals surface area contributed by atoms with Gasteiger partial charge in [0.15, 0.2) is 4.80 Å². The number of carbonyl (C=O) groups is 1. The number of carbonyl (C=O) groups excluding carboxylic acids is 1. The molecule has 3 aromatic rings. The van der Waals surface area contributed by atoms with Gasteiger partial charge in [-0.05, 0) is 55.3 Å². The summed E-state index contributed by atoms with van der Waals surface area (Å²) in [5, 5.41) is 0. The highest BCUT2D eigenvalue weighted by Gasteiger charge is 2.33. The molecule has 0 saturated carbocycles. The molecule has 0 amide bonds. The fourth-order valence-electron chi connectivity index (χ4n) is 4.03. The summed E-state index contributed by atoms with van der Waals surface area (Å²) in [7, 11) is 3.93. The van der Waals surface area contributed by atoms with E-state index >= 15 is 0 Å². The van der Waals surface area contributed by atoms with Crippen LogP contribution < -0.4 is 24.5 Å². The molecule has 0 radical (unpaired) electrons. The predicted molar refractivity (Wildman–Crippen MR) is 143 cm³/mol. The van der Waals surface area contributed by atoms with E-state index < -0.39 is 12.0 Å². The van der Waals surface area contributed by atoms with Gasteiger partial charge in [0.05, 0.1) is 28.5 Å². The summed E-state index contributed by atoms with van der Waals surface area (Å²) >= 11 is 1.30. The van der Waals surface area contributed by atoms with E-state index in [-0.39, 0.29) is 12.2 Å². The average molecular weight is 504 g/mol. The Morgan fingerprint density at radius 2 is 1.86 bits per heavy atom. The van der Waals surface area contributed by atoms with Gasteiger partial charge in [0.1, 0.15) is 12.4 Å². The number of benzene rings is 2. The lowest BCUT2D eigenvalue weighted by molar-refractivity contribution is -0.139. The maximum atomic E-state index is 13.7. The molecule has 1 atom stereocenters. The first-order valence-corrected chi connectivity index (χ1v) is 12.5. The molecular formula is C28H29N3O4S. The van der Waals surface area contributed by atoms with E-state index in [1.165, 1.54) is 11.3 Å². The number of nitrogens with zero attached hydrogens (tertiary/aromatic N) is 3. The van der Waals surface area contributed by atoms with Gasteiger partial charge in [-0.25, -0.2) is 9.79 Å². The molecular weight excluding hydrogens is 474 g/mol. The lowest BCUT2D eigenvalue weighted by Gasteiger charge is -2.25. The lowest BCUT2D eigenvalue weighted by atomic mass is 9.95. The van der Waals surface area contributed by atoms with Crippen LogP contribution in [0.5, 0.6) is 5.75 Å². The van der Waals surface area contributed by atoms with Crippen LogP contribution in [0.3, 0.4) is 0 Å². The number of allylic oxidation sites excluding steroid dienone is 1. The number of esters is 1. The van der Waals surface area contributed by atoms with E-state index in [0.29, 0.717) is 27.2 Å². The fourth-order valence-corrected chi connectivity index (χ4v) is 5.08. The van der Waals surface area contributed by atoms with Gasteiger partial charge in [-0.2, -0.15) is 0 Å². The number of anilines is 1. The highest BCUT2D eigenvalue weighted by Crippen LogP contribution is 2.31. The summed E-state index contributed by atoms with van der Waals surface area (Å²) in [4.78, 5) is 33.9. The molecule has 0 aliphatic carbocycles. The SMILES string of the molecule is C=CCOc1ccc(/C=c2/sc3n(c2=O)[C@@H](c2ccc(N(C)C)cc2)C(C(=O)OCC)=C(C)N=3)cc1. The van der Waals surface area contributed by atoms with Crippen LogP contribution in [0.2, 0.25) is 0 Å². The second-order valence-corrected chi connectivity index (χ2v) is 9.47. The van der Waals surface area contributed by atoms with Crippen molar-refractivity contribution < 1.29 is 14.3 Å². The molecule has 0 bridgehead atoms. The Kier molecular flexibility index (Phi) is 7.55. The summed E-state index contributed by atoms with van der Waals surface area (Å²) in [5.74, 6) is 0.259. The molecule has 0 fully saturated rings. The topological polar surface area (TPSA) is 73.1 Å². The zero-order valence-corrected chi connectivity index (χ0v) is 21.7. The van der Waals surface area contributed by atoms with Gasteiger partial charge in [-0.3, -0.25) is 9.36 Å². The monoisotopic (exact) mass is 503 g/mol. The summed E-state index contributed by atoms with van der Waals surface area (Å²) in [6.07, 6.45) is 3.52. The highest BCUT2D eigenvalue weighted by atomic mass is 32.1. The van der Waals surface area contributed by atoms with Crippen molar-refractivity contribution in [2.24, 2.45) is 4.99 Å². The Hall–Kier alpha value is -3.91. The first-order valence-electron chi connectivity index (χ1n) is 11.6. The van der Waals surface area contributed by atoms with Crippen LogP contribution in [0.15, 0.2) is 82.2 Å². The summed E-state index contributed by atoms with van der Waals surface area (Å²) in [5.41, 5.74) is 3.41. The first-order chi connectivity index (χ1) is 17.3. The lowest BCUT2D eigenvalue weighted by Crippen LogP contribution is -2.39. The van der Waals surface area contributed by atoms with Crippen molar-refractivity contribution in [3.05, 3.63) is 103 Å². The number of hydrogen-bond acceptors (Lipinski definition) is 7. The predicted octanol–water partition coefficient (Wildman–Crippen LogP) is 3.43. The normalized spacial score (nSPS) is 15.2. The number of hydrogen-bond donors (Lipinski definition) is 0. The zero-order valence-electron chi connectivity index (χ0n) is 20.9. The Bertz CT molecular complexity index is 1480. The quantitative estimate of drug-likeness (QED) is 0.348. The first kappa shape index (κ1) is 25.2. The maximum Gasteiger partial charge on any atom is 0.338 e. The fraction of sp³-hybridized carbons (Fsp3) is 0.250. The molecule has 0 unspecified atom stereocenters. The number of ether oxygens (including phenoxy) is 2. The Morgan fingerprint density at radius 3 is 2.47 bits per heavy atom. The molecule has 1 aliphatic heterocycles. The van der Waals surface area contributed by atoms with Gasteiger partial charge in [0, 0.05) is 19.8 Å². The number of thiazole rings is 1. The van der Waals surface area contributed by atoms with Gasteiger partial charge in [0.25, 0.3) is 5.56 Å². The molecule has 0 spiro atoms. The minimum Gasteiger partial charge on any atom is -0.490 e. The van der Waals surface area contributed by atoms with Crippen molar-refractivity contribution >= 4 is 29.1 Å². The minimum absolute atomic E-state index is 0.207. The smallest absolute Gasteiger partial charge is 0.338 e. The van der Waals surface area contributed by atoms with Crippen molar-refractivity contribution in [2.75, 3.05) is 32.2 Å². The molecule has 2 heterocycles. The second kappa shape index (κ2) is 10.8. The molecule has 1 aliphatic rings. The molecule has 7 nitrogen and oxygen atoms in total. The van der Waals surface area contributed by atoms with Gasteiger partial charge in [-0.1, -0.05) is 48.3 Å². The Labute approximate surface area is 213 Å². The van der Waals surface area contributed by atoms with E-state index in [4.69, 9.17) is 9.47 Å². The van der Waals surface area contributed by atoms with Crippen molar-refractivity contribution in [3.8, 4) is 5.75 Å². The van der Waals surface area contributed by atoms with Gasteiger partial charge < -0.3 is 14.4 Å². The second-order valence-electron chi connectivity index (χ2n) is 8.46. The van der Waals surface area contributed by atoms with Gasteiger partial charge in [-0.15, -0.1) is 0 Å². The number of rotatable bonds is 8. The van der Waals surface area contributed by atoms with E-state index in [9.17, 15) is 9.59 Å². The molecule has 8 heteroatoms. The van der Waals surface area contributed by atoms with E-state index in [0.717, 1.165) is 22.6 Å². The minimum atomic E-state index is -0.631. The summed E-state index contributed by atoms with van der Waals surface area (Å²) in [6.45, 7) is 7.86. The van der Waals surface area contributed by atoms with E-state index in [1.807, 2.05) is 73.6 Å². The summed E-state index contributed by atoms with van der Waals surface area (Å²) in [6, 6.07) is 14.7. The molecule has 4 rings (SSSR count). The van der Waals surface area contributed by atoms with Gasteiger partial charge in [0.2, 0.25) is 0 Å². The van der Waals surface area contributed by atoms with Crippen LogP contribution in [-0.2, 0) is 9.53 Å². The van der Waals surface area contributed by atoms with Crippen LogP contribution in [0.25, 0.3) is 6.08 Å². The Morgan fingerprint density at radius 1 is 1.17 bits per heavy atom. The summed E-state index contributed by atoms with van der Waals surface area (Å²) < 4.78 is 13.0. The average Bonchev–Trinajstić information content (AvgIpc) is 3.17. The van der Waals surface area contributed by atoms with Crippen molar-refractivity contribution in [1.82, 2.24) is 4.57 Å². The standard InChI is InChI=1S/C28H29N3O4S/c1-6-16-35-22-14-8-19(9-15-22)17-23-26(32)31-25(20-10-12-21(13-11-20)30(4)5)24(27(33)34-7-2)18(3)29-28(31)36-23/h6,8-15,17,25H,1,7,16H2,2-5H3/b23-17+/t25-/m0/s1. The van der Waals surface area contributed by atoms with E-state index in [1.54, 1.807) is 24.5 Å². The third-order valence-corrected chi connectivity index (χ3v) is 6.77. The van der Waals surface area contributed by atoms with Crippen molar-refractivity contribution in [2.45, 2.75) is 19.9 Å². The third-order valence-electron chi connectivity index (χ3n) is 5.79. The van der Waals surface area contributed by atoms with Gasteiger partial charge >= 0.3 is 5.97 Å². The maximum absolute atomic E-state index is 13.7. The number of fused-ring (bicyclic) bond motifs is 1. The third kappa shape index (κ3) is 5.04. The highest BCUT2D eigenvalue weighted by molar-refractivity contribution is 7.07. The molecule has 0 N–H and O–H groups in total. The molecule has 1 aromatic heterocycles. The largest absolute Gasteiger partial charge is 0.490 e. The van der Waals surface area contributed by atoms with Crippen LogP contribution in [0.4, 0.5) is 5.69 Å². The van der Waals surface area contributed by atoms with Crippen LogP contribution >= 0.6 is 11.3 Å². The van der Waals surface area contributed by atoms with Crippen LogP contribution in [0, 0.1) is 0 Å². The molecule has 186 valence electrons. The van der Waals surface area contributed by atoms with Crippen molar-refractivity contribution in [3.63, 3.8) is 0 Å². The number of aromatic nitrogens is 1.